The highest BCUT2D eigenvalue weighted by Crippen LogP contribution is 2.28. The summed E-state index contributed by atoms with van der Waals surface area (Å²) in [5.41, 5.74) is 1.47. The topological polar surface area (TPSA) is 23.5 Å². The summed E-state index contributed by atoms with van der Waals surface area (Å²) in [6.07, 6.45) is 0. The van der Waals surface area contributed by atoms with E-state index >= 15 is 0 Å². The quantitative estimate of drug-likeness (QED) is 0.910. The van der Waals surface area contributed by atoms with E-state index in [1.54, 1.807) is 29.2 Å². The second-order valence-corrected chi connectivity index (χ2v) is 4.17. The molecular formula is C15H15F2NO. The van der Waals surface area contributed by atoms with E-state index in [4.69, 9.17) is 5.11 Å². The molecule has 0 fully saturated rings. The summed E-state index contributed by atoms with van der Waals surface area (Å²) in [7, 11) is 0. The summed E-state index contributed by atoms with van der Waals surface area (Å²) in [5.74, 6) is -0.791. The SMILES string of the molecule is CCN(c1cccc(F)c1)c1ccc(CO)cc1F. The molecule has 0 spiro atoms. The molecule has 100 valence electrons. The van der Waals surface area contributed by atoms with Crippen molar-refractivity contribution in [2.75, 3.05) is 11.4 Å². The highest BCUT2D eigenvalue weighted by atomic mass is 19.1. The molecule has 0 amide bonds. The van der Waals surface area contributed by atoms with Crippen LogP contribution in [-0.4, -0.2) is 11.7 Å². The van der Waals surface area contributed by atoms with Crippen LogP contribution in [0.15, 0.2) is 42.5 Å². The lowest BCUT2D eigenvalue weighted by Crippen LogP contribution is -2.17. The van der Waals surface area contributed by atoms with Gasteiger partial charge in [-0.1, -0.05) is 12.1 Å². The first-order valence-electron chi connectivity index (χ1n) is 6.08. The lowest BCUT2D eigenvalue weighted by atomic mass is 10.1. The Morgan fingerprint density at radius 3 is 2.47 bits per heavy atom. The van der Waals surface area contributed by atoms with Gasteiger partial charge in [-0.25, -0.2) is 8.78 Å². The van der Waals surface area contributed by atoms with Crippen molar-refractivity contribution in [1.82, 2.24) is 0 Å². The van der Waals surface area contributed by atoms with E-state index in [0.717, 1.165) is 0 Å². The highest BCUT2D eigenvalue weighted by molar-refractivity contribution is 5.64. The van der Waals surface area contributed by atoms with Crippen LogP contribution in [0.3, 0.4) is 0 Å². The highest BCUT2D eigenvalue weighted by Gasteiger charge is 2.13. The van der Waals surface area contributed by atoms with Crippen LogP contribution in [-0.2, 0) is 6.61 Å². The average Bonchev–Trinajstić information content (AvgIpc) is 2.41. The minimum atomic E-state index is -0.433. The molecule has 19 heavy (non-hydrogen) atoms. The lowest BCUT2D eigenvalue weighted by Gasteiger charge is -2.24. The normalized spacial score (nSPS) is 10.5. The van der Waals surface area contributed by atoms with Crippen LogP contribution >= 0.6 is 0 Å². The molecule has 0 saturated heterocycles. The summed E-state index contributed by atoms with van der Waals surface area (Å²) in [5, 5.41) is 8.97. The predicted molar refractivity (Wildman–Crippen MR) is 71.4 cm³/mol. The van der Waals surface area contributed by atoms with Gasteiger partial charge in [-0.15, -0.1) is 0 Å². The maximum atomic E-state index is 14.0. The van der Waals surface area contributed by atoms with E-state index in [0.29, 0.717) is 23.5 Å². The van der Waals surface area contributed by atoms with E-state index in [2.05, 4.69) is 0 Å². The van der Waals surface area contributed by atoms with E-state index in [1.165, 1.54) is 18.2 Å². The maximum absolute atomic E-state index is 14.0. The first-order chi connectivity index (χ1) is 9.15. The maximum Gasteiger partial charge on any atom is 0.147 e. The summed E-state index contributed by atoms with van der Waals surface area (Å²) >= 11 is 0. The Labute approximate surface area is 110 Å². The van der Waals surface area contributed by atoms with Crippen molar-refractivity contribution in [1.29, 1.82) is 0 Å². The van der Waals surface area contributed by atoms with Gasteiger partial charge in [-0.3, -0.25) is 0 Å². The summed E-state index contributed by atoms with van der Waals surface area (Å²) < 4.78 is 27.3. The molecule has 2 nitrogen and oxygen atoms in total. The van der Waals surface area contributed by atoms with Gasteiger partial charge in [0, 0.05) is 12.2 Å². The van der Waals surface area contributed by atoms with E-state index < -0.39 is 5.82 Å². The summed E-state index contributed by atoms with van der Waals surface area (Å²) in [4.78, 5) is 1.68. The second kappa shape index (κ2) is 5.80. The number of anilines is 2. The molecule has 0 aliphatic heterocycles. The molecule has 0 saturated carbocycles. The number of benzene rings is 2. The zero-order chi connectivity index (χ0) is 13.8. The Hall–Kier alpha value is -1.94. The van der Waals surface area contributed by atoms with Crippen LogP contribution in [0.1, 0.15) is 12.5 Å². The molecule has 4 heteroatoms. The molecule has 0 bridgehead atoms. The number of aliphatic hydroxyl groups excluding tert-OH is 1. The fraction of sp³-hybridized carbons (Fsp3) is 0.200. The monoisotopic (exact) mass is 263 g/mol. The molecule has 0 unspecified atom stereocenters. The van der Waals surface area contributed by atoms with Crippen molar-refractivity contribution < 1.29 is 13.9 Å². The lowest BCUT2D eigenvalue weighted by molar-refractivity contribution is 0.281. The van der Waals surface area contributed by atoms with Crippen LogP contribution in [0.5, 0.6) is 0 Å². The molecule has 0 aliphatic carbocycles. The zero-order valence-corrected chi connectivity index (χ0v) is 10.6. The first-order valence-corrected chi connectivity index (χ1v) is 6.08. The summed E-state index contributed by atoms with van der Waals surface area (Å²) in [6.45, 7) is 2.17. The zero-order valence-electron chi connectivity index (χ0n) is 10.6. The van der Waals surface area contributed by atoms with Gasteiger partial charge in [0.2, 0.25) is 0 Å². The van der Waals surface area contributed by atoms with E-state index in [1.807, 2.05) is 6.92 Å². The number of rotatable bonds is 4. The standard InChI is InChI=1S/C15H15F2NO/c1-2-18(13-5-3-4-12(16)9-13)15-7-6-11(10-19)8-14(15)17/h3-9,19H,2,10H2,1H3. The largest absolute Gasteiger partial charge is 0.392 e. The number of halogens is 2. The smallest absolute Gasteiger partial charge is 0.147 e. The molecule has 2 aromatic rings. The fourth-order valence-corrected chi connectivity index (χ4v) is 2.00. The molecule has 0 heterocycles. The molecule has 0 radical (unpaired) electrons. The molecule has 2 rings (SSSR count). The third-order valence-corrected chi connectivity index (χ3v) is 2.92. The van der Waals surface area contributed by atoms with Crippen molar-refractivity contribution >= 4 is 11.4 Å². The number of hydrogen-bond acceptors (Lipinski definition) is 2. The van der Waals surface area contributed by atoms with Crippen molar-refractivity contribution in [3.8, 4) is 0 Å². The van der Waals surface area contributed by atoms with Gasteiger partial charge >= 0.3 is 0 Å². The van der Waals surface area contributed by atoms with Crippen molar-refractivity contribution in [2.24, 2.45) is 0 Å². The molecule has 0 aliphatic rings. The Bertz CT molecular complexity index is 572. The number of aliphatic hydroxyl groups is 1. The second-order valence-electron chi connectivity index (χ2n) is 4.17. The van der Waals surface area contributed by atoms with Gasteiger partial charge in [0.15, 0.2) is 0 Å². The van der Waals surface area contributed by atoms with Gasteiger partial charge in [0.25, 0.3) is 0 Å². The Morgan fingerprint density at radius 2 is 1.89 bits per heavy atom. The van der Waals surface area contributed by atoms with Crippen molar-refractivity contribution in [2.45, 2.75) is 13.5 Å². The Morgan fingerprint density at radius 1 is 1.11 bits per heavy atom. The molecule has 1 N–H and O–H groups in total. The van der Waals surface area contributed by atoms with E-state index in [-0.39, 0.29) is 12.4 Å². The van der Waals surface area contributed by atoms with Crippen molar-refractivity contribution in [3.05, 3.63) is 59.7 Å². The first kappa shape index (κ1) is 13.5. The van der Waals surface area contributed by atoms with Gasteiger partial charge < -0.3 is 10.0 Å². The molecular weight excluding hydrogens is 248 g/mol. The van der Waals surface area contributed by atoms with Crippen LogP contribution in [0.25, 0.3) is 0 Å². The van der Waals surface area contributed by atoms with E-state index in [9.17, 15) is 8.78 Å². The molecule has 0 atom stereocenters. The van der Waals surface area contributed by atoms with Crippen LogP contribution in [0, 0.1) is 11.6 Å². The molecule has 0 aromatic heterocycles. The van der Waals surface area contributed by atoms with Crippen LogP contribution in [0.2, 0.25) is 0 Å². The third kappa shape index (κ3) is 2.90. The number of nitrogens with zero attached hydrogens (tertiary/aromatic N) is 1. The van der Waals surface area contributed by atoms with Crippen molar-refractivity contribution in [3.63, 3.8) is 0 Å². The minimum Gasteiger partial charge on any atom is -0.392 e. The van der Waals surface area contributed by atoms with Gasteiger partial charge in [0.1, 0.15) is 11.6 Å². The Kier molecular flexibility index (Phi) is 4.12. The molecule has 2 aromatic carbocycles. The van der Waals surface area contributed by atoms with Gasteiger partial charge in [-0.2, -0.15) is 0 Å². The van der Waals surface area contributed by atoms with Crippen LogP contribution in [0.4, 0.5) is 20.2 Å². The van der Waals surface area contributed by atoms with Gasteiger partial charge in [-0.05, 0) is 42.8 Å². The Balaban J connectivity index is 2.42. The van der Waals surface area contributed by atoms with Crippen LogP contribution < -0.4 is 4.90 Å². The summed E-state index contributed by atoms with van der Waals surface area (Å²) in [6, 6.07) is 10.6. The predicted octanol–water partition coefficient (Wildman–Crippen LogP) is 3.62. The fourth-order valence-electron chi connectivity index (χ4n) is 2.00. The average molecular weight is 263 g/mol. The number of hydrogen-bond donors (Lipinski definition) is 1. The van der Waals surface area contributed by atoms with Gasteiger partial charge in [0.05, 0.1) is 12.3 Å². The third-order valence-electron chi connectivity index (χ3n) is 2.92. The minimum absolute atomic E-state index is 0.205.